The normalized spacial score (nSPS) is 15.4. The van der Waals surface area contributed by atoms with Crippen molar-refractivity contribution in [2.45, 2.75) is 24.8 Å². The van der Waals surface area contributed by atoms with E-state index in [1.54, 1.807) is 36.4 Å². The highest BCUT2D eigenvalue weighted by molar-refractivity contribution is 7.92. The number of sulfonamides is 1. The summed E-state index contributed by atoms with van der Waals surface area (Å²) in [6.45, 7) is 1.84. The minimum absolute atomic E-state index is 0.0618. The smallest absolute Gasteiger partial charge is 0.251 e. The minimum atomic E-state index is -3.60. The van der Waals surface area contributed by atoms with Crippen LogP contribution in [0.25, 0.3) is 0 Å². The standard InChI is InChI=1S/C27H29FN2O4S/c1-35(32,33)30(19-21-7-11-24(28)12-8-21)25-13-9-22(10-14-25)26(31)29-20-27(15-17-34-18-16-27)23-5-3-2-4-6-23/h2-14H,15-20H2,1H3,(H,29,31). The van der Waals surface area contributed by atoms with E-state index < -0.39 is 10.0 Å². The van der Waals surface area contributed by atoms with Crippen LogP contribution in [0.2, 0.25) is 0 Å². The van der Waals surface area contributed by atoms with Gasteiger partial charge in [-0.05, 0) is 60.4 Å². The third kappa shape index (κ3) is 6.07. The van der Waals surface area contributed by atoms with Gasteiger partial charge in [0.05, 0.1) is 18.5 Å². The van der Waals surface area contributed by atoms with Gasteiger partial charge in [0.25, 0.3) is 5.91 Å². The Kier molecular flexibility index (Phi) is 7.52. The molecule has 1 N–H and O–H groups in total. The lowest BCUT2D eigenvalue weighted by Gasteiger charge is -2.38. The summed E-state index contributed by atoms with van der Waals surface area (Å²) in [7, 11) is -3.60. The largest absolute Gasteiger partial charge is 0.381 e. The van der Waals surface area contributed by atoms with E-state index in [1.165, 1.54) is 22.0 Å². The van der Waals surface area contributed by atoms with E-state index in [9.17, 15) is 17.6 Å². The predicted molar refractivity (Wildman–Crippen MR) is 134 cm³/mol. The van der Waals surface area contributed by atoms with Gasteiger partial charge in [0.2, 0.25) is 10.0 Å². The van der Waals surface area contributed by atoms with Crippen LogP contribution in [-0.2, 0) is 26.7 Å². The SMILES string of the molecule is CS(=O)(=O)N(Cc1ccc(F)cc1)c1ccc(C(=O)NCC2(c3ccccc3)CCOCC2)cc1. The van der Waals surface area contributed by atoms with Gasteiger partial charge in [0.15, 0.2) is 0 Å². The Morgan fingerprint density at radius 3 is 2.20 bits per heavy atom. The molecule has 3 aromatic rings. The molecule has 0 atom stereocenters. The van der Waals surface area contributed by atoms with E-state index in [0.29, 0.717) is 36.6 Å². The third-order valence-electron chi connectivity index (χ3n) is 6.48. The molecule has 1 aliphatic heterocycles. The van der Waals surface area contributed by atoms with Gasteiger partial charge in [-0.3, -0.25) is 9.10 Å². The number of amides is 1. The fourth-order valence-corrected chi connectivity index (χ4v) is 5.30. The maximum absolute atomic E-state index is 13.2. The summed E-state index contributed by atoms with van der Waals surface area (Å²) in [5.41, 5.74) is 2.53. The number of carbonyl (C=O) groups is 1. The van der Waals surface area contributed by atoms with Crippen LogP contribution in [-0.4, -0.2) is 40.3 Å². The monoisotopic (exact) mass is 496 g/mol. The molecule has 0 spiro atoms. The Hall–Kier alpha value is -3.23. The number of hydrogen-bond donors (Lipinski definition) is 1. The molecule has 0 unspecified atom stereocenters. The summed E-state index contributed by atoms with van der Waals surface area (Å²) in [6, 6.07) is 22.3. The summed E-state index contributed by atoms with van der Waals surface area (Å²) in [4.78, 5) is 13.0. The van der Waals surface area contributed by atoms with E-state index in [-0.39, 0.29) is 23.7 Å². The number of nitrogens with one attached hydrogen (secondary N) is 1. The number of nitrogens with zero attached hydrogens (tertiary/aromatic N) is 1. The summed E-state index contributed by atoms with van der Waals surface area (Å²) < 4.78 is 44.9. The molecule has 1 aliphatic rings. The number of ether oxygens (including phenoxy) is 1. The Bertz CT molecular complexity index is 1240. The van der Waals surface area contributed by atoms with Crippen molar-refractivity contribution in [3.8, 4) is 0 Å². The fraction of sp³-hybridized carbons (Fsp3) is 0.296. The maximum Gasteiger partial charge on any atom is 0.251 e. The van der Waals surface area contributed by atoms with E-state index in [1.807, 2.05) is 18.2 Å². The second kappa shape index (κ2) is 10.6. The molecule has 4 rings (SSSR count). The molecular weight excluding hydrogens is 467 g/mol. The lowest BCUT2D eigenvalue weighted by molar-refractivity contribution is 0.0487. The topological polar surface area (TPSA) is 75.7 Å². The van der Waals surface area contributed by atoms with Gasteiger partial charge < -0.3 is 10.1 Å². The zero-order chi connectivity index (χ0) is 24.9. The highest BCUT2D eigenvalue weighted by Crippen LogP contribution is 2.34. The Labute approximate surface area is 205 Å². The lowest BCUT2D eigenvalue weighted by atomic mass is 9.74. The molecule has 1 fully saturated rings. The van der Waals surface area contributed by atoms with Gasteiger partial charge in [0.1, 0.15) is 5.82 Å². The number of anilines is 1. The van der Waals surface area contributed by atoms with E-state index >= 15 is 0 Å². The first-order valence-electron chi connectivity index (χ1n) is 11.5. The highest BCUT2D eigenvalue weighted by Gasteiger charge is 2.34. The summed E-state index contributed by atoms with van der Waals surface area (Å²) in [5.74, 6) is -0.604. The average molecular weight is 497 g/mol. The van der Waals surface area contributed by atoms with Crippen LogP contribution in [0, 0.1) is 5.82 Å². The molecular formula is C27H29FN2O4S. The Morgan fingerprint density at radius 1 is 0.971 bits per heavy atom. The molecule has 0 aromatic heterocycles. The van der Waals surface area contributed by atoms with Gasteiger partial charge >= 0.3 is 0 Å². The Morgan fingerprint density at radius 2 is 1.60 bits per heavy atom. The first kappa shape index (κ1) is 24.9. The van der Waals surface area contributed by atoms with Crippen molar-refractivity contribution in [2.75, 3.05) is 30.3 Å². The van der Waals surface area contributed by atoms with Crippen LogP contribution in [0.5, 0.6) is 0 Å². The molecule has 0 saturated carbocycles. The van der Waals surface area contributed by atoms with Crippen LogP contribution < -0.4 is 9.62 Å². The van der Waals surface area contributed by atoms with Crippen LogP contribution in [0.15, 0.2) is 78.9 Å². The number of benzene rings is 3. The second-order valence-corrected chi connectivity index (χ2v) is 10.8. The molecule has 1 saturated heterocycles. The van der Waals surface area contributed by atoms with Gasteiger partial charge in [0, 0.05) is 30.7 Å². The summed E-state index contributed by atoms with van der Waals surface area (Å²) in [6.07, 6.45) is 2.76. The average Bonchev–Trinajstić information content (AvgIpc) is 2.87. The van der Waals surface area contributed by atoms with Crippen LogP contribution >= 0.6 is 0 Å². The van der Waals surface area contributed by atoms with Crippen molar-refractivity contribution in [3.63, 3.8) is 0 Å². The van der Waals surface area contributed by atoms with Gasteiger partial charge in [-0.25, -0.2) is 12.8 Å². The lowest BCUT2D eigenvalue weighted by Crippen LogP contribution is -2.44. The predicted octanol–water partition coefficient (Wildman–Crippen LogP) is 4.27. The fourth-order valence-electron chi connectivity index (χ4n) is 4.41. The van der Waals surface area contributed by atoms with Gasteiger partial charge in [-0.1, -0.05) is 42.5 Å². The molecule has 35 heavy (non-hydrogen) atoms. The molecule has 6 nitrogen and oxygen atoms in total. The van der Waals surface area contributed by atoms with Crippen molar-refractivity contribution in [1.82, 2.24) is 5.32 Å². The molecule has 184 valence electrons. The molecule has 0 aliphatic carbocycles. The van der Waals surface area contributed by atoms with Crippen LogP contribution in [0.3, 0.4) is 0 Å². The molecule has 0 bridgehead atoms. The first-order valence-corrected chi connectivity index (χ1v) is 13.4. The Balaban J connectivity index is 1.48. The third-order valence-corrected chi connectivity index (χ3v) is 7.62. The number of hydrogen-bond acceptors (Lipinski definition) is 4. The van der Waals surface area contributed by atoms with Crippen LogP contribution in [0.1, 0.15) is 34.3 Å². The van der Waals surface area contributed by atoms with Crippen molar-refractivity contribution in [3.05, 3.63) is 101 Å². The molecule has 1 heterocycles. The van der Waals surface area contributed by atoms with Crippen LogP contribution in [0.4, 0.5) is 10.1 Å². The molecule has 0 radical (unpaired) electrons. The van der Waals surface area contributed by atoms with Crippen molar-refractivity contribution >= 4 is 21.6 Å². The second-order valence-electron chi connectivity index (χ2n) is 8.88. The van der Waals surface area contributed by atoms with Gasteiger partial charge in [-0.2, -0.15) is 0 Å². The van der Waals surface area contributed by atoms with Crippen molar-refractivity contribution in [1.29, 1.82) is 0 Å². The molecule has 3 aromatic carbocycles. The quantitative estimate of drug-likeness (QED) is 0.505. The zero-order valence-corrected chi connectivity index (χ0v) is 20.4. The molecule has 8 heteroatoms. The maximum atomic E-state index is 13.2. The highest BCUT2D eigenvalue weighted by atomic mass is 32.2. The van der Waals surface area contributed by atoms with Gasteiger partial charge in [-0.15, -0.1) is 0 Å². The first-order chi connectivity index (χ1) is 16.8. The van der Waals surface area contributed by atoms with Crippen molar-refractivity contribution < 1.29 is 22.3 Å². The summed E-state index contributed by atoms with van der Waals surface area (Å²) >= 11 is 0. The summed E-state index contributed by atoms with van der Waals surface area (Å²) in [5, 5.41) is 3.07. The number of rotatable bonds is 8. The number of halogens is 1. The molecule has 1 amide bonds. The zero-order valence-electron chi connectivity index (χ0n) is 19.6. The minimum Gasteiger partial charge on any atom is -0.381 e. The van der Waals surface area contributed by atoms with E-state index in [0.717, 1.165) is 19.1 Å². The number of carbonyl (C=O) groups excluding carboxylic acids is 1. The van der Waals surface area contributed by atoms with Crippen molar-refractivity contribution in [2.24, 2.45) is 0 Å². The van der Waals surface area contributed by atoms with E-state index in [2.05, 4.69) is 17.4 Å². The van der Waals surface area contributed by atoms with E-state index in [4.69, 9.17) is 4.74 Å².